The summed E-state index contributed by atoms with van der Waals surface area (Å²) in [5.74, 6) is 0. The smallest absolute Gasteiger partial charge is 0.187 e. The van der Waals surface area contributed by atoms with Crippen molar-refractivity contribution in [3.63, 3.8) is 0 Å². The number of ether oxygens (including phenoxy) is 5. The maximum Gasteiger partial charge on any atom is 0.187 e. The summed E-state index contributed by atoms with van der Waals surface area (Å²) in [6, 6.07) is 0. The molecule has 3 aliphatic rings. The maximum atomic E-state index is 10.6. The molecule has 200 valence electrons. The first-order valence-electron chi connectivity index (χ1n) is 10.6. The van der Waals surface area contributed by atoms with Crippen LogP contribution in [0.2, 0.25) is 0 Å². The van der Waals surface area contributed by atoms with Gasteiger partial charge in [0, 0.05) is 0 Å². The zero-order valence-electron chi connectivity index (χ0n) is 17.7. The molecule has 0 bridgehead atoms. The fourth-order valence-corrected chi connectivity index (χ4v) is 3.94. The molecule has 0 saturated carbocycles. The van der Waals surface area contributed by atoms with E-state index in [2.05, 4.69) is 0 Å². The van der Waals surface area contributed by atoms with Crippen molar-refractivity contribution in [2.45, 2.75) is 92.1 Å². The van der Waals surface area contributed by atoms with Gasteiger partial charge in [-0.15, -0.1) is 0 Å². The average Bonchev–Trinajstić information content (AvgIpc) is 2.82. The topological polar surface area (TPSA) is 269 Å². The van der Waals surface area contributed by atoms with E-state index in [0.29, 0.717) is 0 Å². The predicted molar refractivity (Wildman–Crippen MR) is 101 cm³/mol. The Labute approximate surface area is 192 Å². The largest absolute Gasteiger partial charge is 0.394 e. The van der Waals surface area contributed by atoms with E-state index >= 15 is 0 Å². The molecule has 3 rings (SSSR count). The van der Waals surface area contributed by atoms with Crippen LogP contribution in [-0.2, 0) is 23.7 Å². The van der Waals surface area contributed by atoms with Crippen LogP contribution in [0.25, 0.3) is 0 Å². The van der Waals surface area contributed by atoms with E-state index in [1.165, 1.54) is 0 Å². The number of aliphatic hydroxyl groups is 11. The average molecular weight is 504 g/mol. The van der Waals surface area contributed by atoms with E-state index < -0.39 is 112 Å². The number of hydrogen-bond acceptors (Lipinski definition) is 16. The lowest BCUT2D eigenvalue weighted by molar-refractivity contribution is -0.361. The van der Waals surface area contributed by atoms with Crippen LogP contribution in [0.5, 0.6) is 0 Å². The van der Waals surface area contributed by atoms with Crippen LogP contribution in [0.3, 0.4) is 0 Å². The predicted octanol–water partition coefficient (Wildman–Crippen LogP) is -7.57. The van der Waals surface area contributed by atoms with Gasteiger partial charge in [0.1, 0.15) is 73.2 Å². The van der Waals surface area contributed by atoms with E-state index in [4.69, 9.17) is 23.7 Å². The third-order valence-electron chi connectivity index (χ3n) is 6.07. The van der Waals surface area contributed by atoms with Crippen molar-refractivity contribution in [1.82, 2.24) is 0 Å². The maximum absolute atomic E-state index is 10.6. The minimum absolute atomic E-state index is 0.609. The van der Waals surface area contributed by atoms with Gasteiger partial charge in [0.25, 0.3) is 0 Å². The summed E-state index contributed by atoms with van der Waals surface area (Å²) in [6.45, 7) is -2.06. The molecule has 11 N–H and O–H groups in total. The normalized spacial score (nSPS) is 52.5. The molecular weight excluding hydrogens is 472 g/mol. The second kappa shape index (κ2) is 11.6. The van der Waals surface area contributed by atoms with Gasteiger partial charge in [-0.2, -0.15) is 0 Å². The van der Waals surface area contributed by atoms with Crippen LogP contribution < -0.4 is 0 Å². The Morgan fingerprint density at radius 3 is 1.53 bits per heavy atom. The van der Waals surface area contributed by atoms with Gasteiger partial charge in [0.05, 0.1) is 19.8 Å². The van der Waals surface area contributed by atoms with Crippen LogP contribution in [-0.4, -0.2) is 168 Å². The molecular formula is C18H32O16. The van der Waals surface area contributed by atoms with E-state index in [1.54, 1.807) is 0 Å². The lowest BCUT2D eigenvalue weighted by atomic mass is 9.97. The van der Waals surface area contributed by atoms with Gasteiger partial charge in [-0.1, -0.05) is 0 Å². The van der Waals surface area contributed by atoms with Crippen molar-refractivity contribution in [3.8, 4) is 0 Å². The third kappa shape index (κ3) is 5.52. The standard InChI is InChI=1S/C18H32O16/c19-1-4-7(21)10(24)12(26)17(32-4)30-3-6-9(23)15(14(28)16(29)31-6)34-18-13(27)11(25)8(22)5(2-20)33-18/h4-29H,1-3H2/t4-,5-,6-,7-,8+,9-,10+,11+,12+,13-,14+,15+,16?,17+,18-/m1/s1. The Morgan fingerprint density at radius 1 is 0.500 bits per heavy atom. The molecule has 0 aliphatic carbocycles. The van der Waals surface area contributed by atoms with Crippen LogP contribution >= 0.6 is 0 Å². The van der Waals surface area contributed by atoms with Crippen molar-refractivity contribution in [2.24, 2.45) is 0 Å². The molecule has 0 radical (unpaired) electrons. The molecule has 3 fully saturated rings. The lowest BCUT2D eigenvalue weighted by Crippen LogP contribution is -2.65. The second-order valence-electron chi connectivity index (χ2n) is 8.37. The summed E-state index contributed by atoms with van der Waals surface area (Å²) in [5, 5.41) is 109. The molecule has 0 spiro atoms. The Kier molecular flexibility index (Phi) is 9.54. The minimum atomic E-state index is -1.93. The van der Waals surface area contributed by atoms with Gasteiger partial charge in [0.15, 0.2) is 18.9 Å². The second-order valence-corrected chi connectivity index (χ2v) is 8.37. The minimum Gasteiger partial charge on any atom is -0.394 e. The highest BCUT2D eigenvalue weighted by Crippen LogP contribution is 2.29. The zero-order valence-corrected chi connectivity index (χ0v) is 17.7. The van der Waals surface area contributed by atoms with Gasteiger partial charge in [-0.05, 0) is 0 Å². The van der Waals surface area contributed by atoms with E-state index in [-0.39, 0.29) is 0 Å². The molecule has 0 aromatic rings. The first kappa shape index (κ1) is 27.9. The molecule has 3 aliphatic heterocycles. The highest BCUT2D eigenvalue weighted by atomic mass is 16.7. The Hall–Kier alpha value is -0.640. The van der Waals surface area contributed by atoms with Crippen molar-refractivity contribution < 1.29 is 79.9 Å². The first-order chi connectivity index (χ1) is 16.0. The monoisotopic (exact) mass is 504 g/mol. The summed E-state index contributed by atoms with van der Waals surface area (Å²) in [7, 11) is 0. The molecule has 3 saturated heterocycles. The van der Waals surface area contributed by atoms with Crippen LogP contribution in [0.1, 0.15) is 0 Å². The summed E-state index contributed by atoms with van der Waals surface area (Å²) < 4.78 is 26.1. The molecule has 0 amide bonds. The summed E-state index contributed by atoms with van der Waals surface area (Å²) >= 11 is 0. The number of hydrogen-bond donors (Lipinski definition) is 11. The van der Waals surface area contributed by atoms with E-state index in [0.717, 1.165) is 0 Å². The SMILES string of the molecule is OC[C@H]1O[C@H](O[C@H]2[C@H](O)[C@@H](CO[C@H]3O[C@H](CO)[C@@H](O)[C@H](O)[C@@H]3O)OC(O)[C@H]2O)[C@H](O)[C@@H](O)[C@H]1O. The van der Waals surface area contributed by atoms with Gasteiger partial charge < -0.3 is 79.9 Å². The fraction of sp³-hybridized carbons (Fsp3) is 1.00. The Morgan fingerprint density at radius 2 is 1.00 bits per heavy atom. The molecule has 15 atom stereocenters. The first-order valence-corrected chi connectivity index (χ1v) is 10.6. The highest BCUT2D eigenvalue weighted by Gasteiger charge is 2.51. The van der Waals surface area contributed by atoms with E-state index in [1.807, 2.05) is 0 Å². The number of rotatable bonds is 7. The van der Waals surface area contributed by atoms with Crippen LogP contribution in [0.4, 0.5) is 0 Å². The molecule has 34 heavy (non-hydrogen) atoms. The van der Waals surface area contributed by atoms with Crippen LogP contribution in [0.15, 0.2) is 0 Å². The van der Waals surface area contributed by atoms with Crippen molar-refractivity contribution in [2.75, 3.05) is 19.8 Å². The zero-order chi connectivity index (χ0) is 25.3. The van der Waals surface area contributed by atoms with Crippen LogP contribution in [0, 0.1) is 0 Å². The summed E-state index contributed by atoms with van der Waals surface area (Å²) in [4.78, 5) is 0. The van der Waals surface area contributed by atoms with Gasteiger partial charge in [-0.25, -0.2) is 0 Å². The molecule has 0 aromatic carbocycles. The Balaban J connectivity index is 1.65. The lowest BCUT2D eigenvalue weighted by Gasteiger charge is -2.45. The molecule has 3 heterocycles. The fourth-order valence-electron chi connectivity index (χ4n) is 3.94. The van der Waals surface area contributed by atoms with Crippen molar-refractivity contribution in [3.05, 3.63) is 0 Å². The van der Waals surface area contributed by atoms with Gasteiger partial charge >= 0.3 is 0 Å². The molecule has 0 aromatic heterocycles. The summed E-state index contributed by atoms with van der Waals surface area (Å²) in [5.41, 5.74) is 0. The molecule has 16 nitrogen and oxygen atoms in total. The number of aliphatic hydroxyl groups excluding tert-OH is 11. The third-order valence-corrected chi connectivity index (χ3v) is 6.07. The van der Waals surface area contributed by atoms with Crippen molar-refractivity contribution in [1.29, 1.82) is 0 Å². The highest BCUT2D eigenvalue weighted by molar-refractivity contribution is 4.94. The summed E-state index contributed by atoms with van der Waals surface area (Å²) in [6.07, 6.45) is -24.9. The van der Waals surface area contributed by atoms with Crippen molar-refractivity contribution >= 4 is 0 Å². The van der Waals surface area contributed by atoms with Gasteiger partial charge in [-0.3, -0.25) is 0 Å². The quantitative estimate of drug-likeness (QED) is 0.154. The molecule has 1 unspecified atom stereocenters. The Bertz CT molecular complexity index is 637. The molecule has 16 heteroatoms. The van der Waals surface area contributed by atoms with E-state index in [9.17, 15) is 56.2 Å². The van der Waals surface area contributed by atoms with Gasteiger partial charge in [0.2, 0.25) is 0 Å².